The molecule has 1 aliphatic heterocycles. The van der Waals surface area contributed by atoms with Crippen LogP contribution in [-0.4, -0.2) is 75.0 Å². The molecule has 1 fully saturated rings. The van der Waals surface area contributed by atoms with Gasteiger partial charge in [-0.25, -0.2) is 17.5 Å². The fourth-order valence-corrected chi connectivity index (χ4v) is 6.28. The average Bonchev–Trinajstić information content (AvgIpc) is 3.01. The smallest absolute Gasteiger partial charge is 0.324 e. The molecule has 0 saturated carbocycles. The minimum absolute atomic E-state index is 0.0674. The number of ether oxygens (including phenoxy) is 2. The first kappa shape index (κ1) is 30.6. The highest BCUT2D eigenvalue weighted by molar-refractivity contribution is 7.89. The minimum Gasteiger partial charge on any atom is -0.489 e. The largest absolute Gasteiger partial charge is 0.489 e. The number of nitrogens with one attached hydrogen (secondary N) is 1. The molecule has 0 aliphatic carbocycles. The van der Waals surface area contributed by atoms with Gasteiger partial charge in [0, 0.05) is 55.9 Å². The standard InChI is InChI=1S/C32H35FN4O5S/c1-23-19-25(29-5-3-4-6-30(29)35-23)22-42-27-11-13-28(14-12-27)43(39,40)34-20-31(32(38)41-2)37-17-15-36(16-18-37)21-24-7-9-26(33)10-8-24/h3-14,19,31,34H,15-18,20-22H2,1-2H3. The predicted molar refractivity (Wildman–Crippen MR) is 161 cm³/mol. The average molecular weight is 607 g/mol. The third kappa shape index (κ3) is 7.74. The Bertz CT molecular complexity index is 1660. The molecule has 0 radical (unpaired) electrons. The quantitative estimate of drug-likeness (QED) is 0.257. The lowest BCUT2D eigenvalue weighted by atomic mass is 10.1. The van der Waals surface area contributed by atoms with Gasteiger partial charge in [0.15, 0.2) is 0 Å². The Hall–Kier alpha value is -3.90. The van der Waals surface area contributed by atoms with Crippen LogP contribution in [0.4, 0.5) is 4.39 Å². The van der Waals surface area contributed by atoms with Crippen LogP contribution in [0.3, 0.4) is 0 Å². The molecule has 1 aliphatic rings. The number of sulfonamides is 1. The van der Waals surface area contributed by atoms with Crippen molar-refractivity contribution in [3.05, 3.63) is 102 Å². The number of hydrogen-bond acceptors (Lipinski definition) is 8. The number of aromatic nitrogens is 1. The minimum atomic E-state index is -3.90. The highest BCUT2D eigenvalue weighted by Crippen LogP contribution is 2.22. The Morgan fingerprint density at radius 1 is 1.00 bits per heavy atom. The van der Waals surface area contributed by atoms with Gasteiger partial charge in [0.2, 0.25) is 10.0 Å². The van der Waals surface area contributed by atoms with Crippen molar-refractivity contribution in [1.82, 2.24) is 19.5 Å². The maximum absolute atomic E-state index is 13.2. The van der Waals surface area contributed by atoms with E-state index in [1.54, 1.807) is 24.3 Å². The van der Waals surface area contributed by atoms with Crippen molar-refractivity contribution in [2.75, 3.05) is 39.8 Å². The zero-order valence-electron chi connectivity index (χ0n) is 24.2. The summed E-state index contributed by atoms with van der Waals surface area (Å²) in [5.41, 5.74) is 3.78. The van der Waals surface area contributed by atoms with Crippen LogP contribution in [0.1, 0.15) is 16.8 Å². The van der Waals surface area contributed by atoms with E-state index < -0.39 is 22.0 Å². The number of nitrogens with zero attached hydrogens (tertiary/aromatic N) is 3. The van der Waals surface area contributed by atoms with Crippen LogP contribution in [0.25, 0.3) is 10.9 Å². The van der Waals surface area contributed by atoms with Gasteiger partial charge in [-0.05, 0) is 61.0 Å². The van der Waals surface area contributed by atoms with E-state index in [1.165, 1.54) is 31.4 Å². The number of pyridine rings is 1. The third-order valence-corrected chi connectivity index (χ3v) is 9.00. The Morgan fingerprint density at radius 3 is 2.40 bits per heavy atom. The Kier molecular flexibility index (Phi) is 9.66. The maximum atomic E-state index is 13.2. The van der Waals surface area contributed by atoms with Gasteiger partial charge in [-0.1, -0.05) is 30.3 Å². The fourth-order valence-electron chi connectivity index (χ4n) is 5.24. The first-order valence-corrected chi connectivity index (χ1v) is 15.6. The highest BCUT2D eigenvalue weighted by atomic mass is 32.2. The molecular formula is C32H35FN4O5S. The molecule has 226 valence electrons. The van der Waals surface area contributed by atoms with E-state index >= 15 is 0 Å². The van der Waals surface area contributed by atoms with E-state index in [9.17, 15) is 17.6 Å². The molecular weight excluding hydrogens is 571 g/mol. The summed E-state index contributed by atoms with van der Waals surface area (Å²) in [4.78, 5) is 21.4. The van der Waals surface area contributed by atoms with Crippen molar-refractivity contribution in [2.24, 2.45) is 0 Å². The number of benzene rings is 3. The van der Waals surface area contributed by atoms with Crippen LogP contribution in [0, 0.1) is 12.7 Å². The predicted octanol–water partition coefficient (Wildman–Crippen LogP) is 3.90. The number of halogens is 1. The summed E-state index contributed by atoms with van der Waals surface area (Å²) in [7, 11) is -2.60. The van der Waals surface area contributed by atoms with Gasteiger partial charge in [-0.15, -0.1) is 0 Å². The summed E-state index contributed by atoms with van der Waals surface area (Å²) in [6.45, 7) is 5.25. The molecule has 1 saturated heterocycles. The number of aryl methyl sites for hydroxylation is 1. The lowest BCUT2D eigenvalue weighted by Crippen LogP contribution is -2.56. The molecule has 5 rings (SSSR count). The molecule has 1 N–H and O–H groups in total. The van der Waals surface area contributed by atoms with E-state index in [-0.39, 0.29) is 17.3 Å². The van der Waals surface area contributed by atoms with E-state index in [4.69, 9.17) is 9.47 Å². The monoisotopic (exact) mass is 606 g/mol. The molecule has 1 unspecified atom stereocenters. The second-order valence-corrected chi connectivity index (χ2v) is 12.3. The molecule has 0 amide bonds. The molecule has 2 heterocycles. The number of esters is 1. The van der Waals surface area contributed by atoms with Crippen molar-refractivity contribution in [3.8, 4) is 5.75 Å². The second kappa shape index (κ2) is 13.6. The third-order valence-electron chi connectivity index (χ3n) is 7.57. The summed E-state index contributed by atoms with van der Waals surface area (Å²) in [5.74, 6) is -0.244. The molecule has 11 heteroatoms. The fraction of sp³-hybridized carbons (Fsp3) is 0.312. The van der Waals surface area contributed by atoms with Gasteiger partial charge in [-0.3, -0.25) is 19.6 Å². The van der Waals surface area contributed by atoms with Crippen molar-refractivity contribution in [1.29, 1.82) is 0 Å². The lowest BCUT2D eigenvalue weighted by Gasteiger charge is -2.38. The number of rotatable bonds is 11. The zero-order chi connectivity index (χ0) is 30.4. The number of carbonyl (C=O) groups is 1. The normalized spacial score (nSPS) is 15.3. The summed E-state index contributed by atoms with van der Waals surface area (Å²) < 4.78 is 53.0. The summed E-state index contributed by atoms with van der Waals surface area (Å²) >= 11 is 0. The van der Waals surface area contributed by atoms with Gasteiger partial charge in [-0.2, -0.15) is 0 Å². The molecule has 9 nitrogen and oxygen atoms in total. The van der Waals surface area contributed by atoms with Crippen molar-refractivity contribution in [2.45, 2.75) is 31.0 Å². The van der Waals surface area contributed by atoms with Crippen LogP contribution in [0.15, 0.2) is 83.8 Å². The lowest BCUT2D eigenvalue weighted by molar-refractivity contribution is -0.147. The van der Waals surface area contributed by atoms with E-state index in [2.05, 4.69) is 14.6 Å². The second-order valence-electron chi connectivity index (χ2n) is 10.5. The first-order chi connectivity index (χ1) is 20.7. The molecule has 3 aromatic carbocycles. The summed E-state index contributed by atoms with van der Waals surface area (Å²) in [5, 5.41) is 1.01. The number of hydrogen-bond donors (Lipinski definition) is 1. The van der Waals surface area contributed by atoms with Gasteiger partial charge >= 0.3 is 5.97 Å². The van der Waals surface area contributed by atoms with Crippen LogP contribution in [0.2, 0.25) is 0 Å². The molecule has 43 heavy (non-hydrogen) atoms. The highest BCUT2D eigenvalue weighted by Gasteiger charge is 2.31. The summed E-state index contributed by atoms with van der Waals surface area (Å²) in [6, 6.07) is 21.7. The molecule has 0 bridgehead atoms. The van der Waals surface area contributed by atoms with Gasteiger partial charge in [0.05, 0.1) is 17.5 Å². The summed E-state index contributed by atoms with van der Waals surface area (Å²) in [6.07, 6.45) is 0. The SMILES string of the molecule is COC(=O)C(CNS(=O)(=O)c1ccc(OCc2cc(C)nc3ccccc23)cc1)N1CCN(Cc2ccc(F)cc2)CC1. The van der Waals surface area contributed by atoms with Crippen molar-refractivity contribution >= 4 is 26.9 Å². The number of fused-ring (bicyclic) bond motifs is 1. The van der Waals surface area contributed by atoms with Crippen LogP contribution >= 0.6 is 0 Å². The Morgan fingerprint density at radius 2 is 1.70 bits per heavy atom. The van der Waals surface area contributed by atoms with Crippen LogP contribution in [0.5, 0.6) is 5.75 Å². The van der Waals surface area contributed by atoms with Crippen LogP contribution in [-0.2, 0) is 32.7 Å². The molecule has 4 aromatic rings. The van der Waals surface area contributed by atoms with Crippen LogP contribution < -0.4 is 9.46 Å². The van der Waals surface area contributed by atoms with Crippen molar-refractivity contribution in [3.63, 3.8) is 0 Å². The van der Waals surface area contributed by atoms with Gasteiger partial charge in [0.25, 0.3) is 0 Å². The van der Waals surface area contributed by atoms with E-state index in [0.29, 0.717) is 45.1 Å². The number of methoxy groups -OCH3 is 1. The van der Waals surface area contributed by atoms with Gasteiger partial charge in [0.1, 0.15) is 24.2 Å². The van der Waals surface area contributed by atoms with E-state index in [0.717, 1.165) is 27.7 Å². The van der Waals surface area contributed by atoms with Crippen molar-refractivity contribution < 1.29 is 27.1 Å². The molecule has 1 aromatic heterocycles. The molecule has 1 atom stereocenters. The van der Waals surface area contributed by atoms with E-state index in [1.807, 2.05) is 42.2 Å². The zero-order valence-corrected chi connectivity index (χ0v) is 25.0. The number of carbonyl (C=O) groups excluding carboxylic acids is 1. The molecule has 0 spiro atoms. The first-order valence-electron chi connectivity index (χ1n) is 14.1. The van der Waals surface area contributed by atoms with Gasteiger partial charge < -0.3 is 9.47 Å². The maximum Gasteiger partial charge on any atom is 0.324 e. The Labute approximate surface area is 251 Å². The number of piperazine rings is 1. The Balaban J connectivity index is 1.17. The number of para-hydroxylation sites is 1. The topological polar surface area (TPSA) is 101 Å².